The highest BCUT2D eigenvalue weighted by atomic mass is 16.5. The van der Waals surface area contributed by atoms with Gasteiger partial charge in [-0.15, -0.1) is 0 Å². The molecule has 0 radical (unpaired) electrons. The fraction of sp³-hybridized carbons (Fsp3) is 0.619. The van der Waals surface area contributed by atoms with Crippen LogP contribution in [0.2, 0.25) is 0 Å². The van der Waals surface area contributed by atoms with Gasteiger partial charge in [-0.1, -0.05) is 6.07 Å². The molecule has 7 nitrogen and oxygen atoms in total. The average molecular weight is 388 g/mol. The fourth-order valence-corrected chi connectivity index (χ4v) is 3.81. The van der Waals surface area contributed by atoms with Gasteiger partial charge < -0.3 is 9.64 Å². The van der Waals surface area contributed by atoms with E-state index in [2.05, 4.69) is 45.3 Å². The second kappa shape index (κ2) is 9.89. The van der Waals surface area contributed by atoms with Crippen LogP contribution >= 0.6 is 0 Å². The van der Waals surface area contributed by atoms with E-state index in [1.54, 1.807) is 5.01 Å². The molecule has 2 saturated heterocycles. The number of anilines is 1. The summed E-state index contributed by atoms with van der Waals surface area (Å²) in [5, 5.41) is 1.80. The van der Waals surface area contributed by atoms with Gasteiger partial charge in [0.2, 0.25) is 5.91 Å². The summed E-state index contributed by atoms with van der Waals surface area (Å²) in [5.74, 6) is 1.03. The Balaban J connectivity index is 1.43. The third-order valence-corrected chi connectivity index (χ3v) is 5.20. The van der Waals surface area contributed by atoms with Crippen molar-refractivity contribution in [3.8, 4) is 5.75 Å². The molecule has 0 aliphatic carbocycles. The van der Waals surface area contributed by atoms with Gasteiger partial charge in [-0.05, 0) is 38.0 Å². The molecule has 0 unspecified atom stereocenters. The molecule has 2 fully saturated rings. The van der Waals surface area contributed by atoms with Crippen LogP contribution in [0.25, 0.3) is 0 Å². The number of nitrogens with one attached hydrogen (secondary N) is 1. The molecule has 154 valence electrons. The van der Waals surface area contributed by atoms with Crippen molar-refractivity contribution in [2.45, 2.75) is 26.7 Å². The zero-order valence-electron chi connectivity index (χ0n) is 17.4. The maximum Gasteiger partial charge on any atom is 0.239 e. The van der Waals surface area contributed by atoms with Crippen molar-refractivity contribution in [1.29, 1.82) is 0 Å². The van der Waals surface area contributed by atoms with Crippen LogP contribution in [-0.4, -0.2) is 81.0 Å². The summed E-state index contributed by atoms with van der Waals surface area (Å²) in [4.78, 5) is 21.1. The van der Waals surface area contributed by atoms with Gasteiger partial charge in [0.25, 0.3) is 0 Å². The second-order valence-corrected chi connectivity index (χ2v) is 7.60. The number of benzene rings is 1. The molecule has 1 N–H and O–H groups in total. The van der Waals surface area contributed by atoms with Crippen LogP contribution in [-0.2, 0) is 4.79 Å². The highest BCUT2D eigenvalue weighted by Crippen LogP contribution is 2.30. The minimum atomic E-state index is 0.0335. The lowest BCUT2D eigenvalue weighted by molar-refractivity contribution is -0.124. The molecule has 7 heteroatoms. The zero-order chi connectivity index (χ0) is 19.9. The molecule has 2 aliphatic heterocycles. The number of piperazine rings is 1. The number of hydrogen-bond acceptors (Lipinski definition) is 6. The lowest BCUT2D eigenvalue weighted by Crippen LogP contribution is -2.48. The largest absolute Gasteiger partial charge is 0.492 e. The third-order valence-electron chi connectivity index (χ3n) is 5.20. The Morgan fingerprint density at radius 3 is 2.71 bits per heavy atom. The van der Waals surface area contributed by atoms with Crippen LogP contribution in [0.4, 0.5) is 5.69 Å². The molecule has 0 spiro atoms. The van der Waals surface area contributed by atoms with E-state index in [1.165, 1.54) is 11.3 Å². The van der Waals surface area contributed by atoms with Crippen molar-refractivity contribution in [1.82, 2.24) is 15.3 Å². The fourth-order valence-electron chi connectivity index (χ4n) is 3.81. The van der Waals surface area contributed by atoms with Crippen LogP contribution < -0.4 is 15.1 Å². The van der Waals surface area contributed by atoms with Crippen LogP contribution in [0.3, 0.4) is 0 Å². The summed E-state index contributed by atoms with van der Waals surface area (Å²) in [5.41, 5.74) is 6.20. The zero-order valence-corrected chi connectivity index (χ0v) is 17.4. The molecule has 3 rings (SSSR count). The Morgan fingerprint density at radius 1 is 1.21 bits per heavy atom. The number of aliphatic imine (C=N–C) groups is 1. The number of rotatable bonds is 7. The maximum absolute atomic E-state index is 11.5. The van der Waals surface area contributed by atoms with Gasteiger partial charge in [0.05, 0.1) is 25.3 Å². The molecular weight excluding hydrogens is 354 g/mol. The Labute approximate surface area is 168 Å². The van der Waals surface area contributed by atoms with E-state index < -0.39 is 0 Å². The normalized spacial score (nSPS) is 20.5. The van der Waals surface area contributed by atoms with Crippen LogP contribution in [0.5, 0.6) is 5.75 Å². The molecule has 2 heterocycles. The number of ether oxygens (including phenoxy) is 1. The Morgan fingerprint density at radius 2 is 2.00 bits per heavy atom. The SMILES string of the molecule is CCOc1cc(C)ccc1N1CCN(CCCN=C2CC(=O)NN(C)C2)CC1. The summed E-state index contributed by atoms with van der Waals surface area (Å²) in [7, 11) is 1.87. The number of amides is 1. The Bertz CT molecular complexity index is 698. The van der Waals surface area contributed by atoms with Gasteiger partial charge in [-0.25, -0.2) is 5.01 Å². The van der Waals surface area contributed by atoms with Crippen molar-refractivity contribution in [2.75, 3.05) is 64.4 Å². The number of carbonyl (C=O) groups excluding carboxylic acids is 1. The molecule has 2 aliphatic rings. The summed E-state index contributed by atoms with van der Waals surface area (Å²) < 4.78 is 5.85. The van der Waals surface area contributed by atoms with E-state index in [4.69, 9.17) is 4.74 Å². The van der Waals surface area contributed by atoms with Gasteiger partial charge in [-0.2, -0.15) is 0 Å². The molecular formula is C21H33N5O2. The predicted octanol–water partition coefficient (Wildman–Crippen LogP) is 1.71. The van der Waals surface area contributed by atoms with Crippen molar-refractivity contribution in [3.63, 3.8) is 0 Å². The van der Waals surface area contributed by atoms with Crippen molar-refractivity contribution >= 4 is 17.3 Å². The average Bonchev–Trinajstić information content (AvgIpc) is 2.66. The first-order chi connectivity index (χ1) is 13.5. The number of nitrogens with zero attached hydrogens (tertiary/aromatic N) is 4. The number of hydrazine groups is 1. The lowest BCUT2D eigenvalue weighted by atomic mass is 10.1. The van der Waals surface area contributed by atoms with Crippen molar-refractivity contribution < 1.29 is 9.53 Å². The smallest absolute Gasteiger partial charge is 0.239 e. The first-order valence-corrected chi connectivity index (χ1v) is 10.3. The summed E-state index contributed by atoms with van der Waals surface area (Å²) >= 11 is 0. The van der Waals surface area contributed by atoms with Crippen molar-refractivity contribution in [3.05, 3.63) is 23.8 Å². The van der Waals surface area contributed by atoms with Crippen LogP contribution in [0.15, 0.2) is 23.2 Å². The van der Waals surface area contributed by atoms with E-state index in [9.17, 15) is 4.79 Å². The summed E-state index contributed by atoms with van der Waals surface area (Å²) in [6.07, 6.45) is 1.46. The van der Waals surface area contributed by atoms with Crippen molar-refractivity contribution in [2.24, 2.45) is 4.99 Å². The Hall–Kier alpha value is -2.12. The van der Waals surface area contributed by atoms with Crippen LogP contribution in [0, 0.1) is 6.92 Å². The molecule has 1 aromatic carbocycles. The highest BCUT2D eigenvalue weighted by Gasteiger charge is 2.20. The molecule has 0 bridgehead atoms. The molecule has 0 saturated carbocycles. The van der Waals surface area contributed by atoms with E-state index >= 15 is 0 Å². The Kier molecular flexibility index (Phi) is 7.28. The number of hydrogen-bond donors (Lipinski definition) is 1. The first-order valence-electron chi connectivity index (χ1n) is 10.3. The second-order valence-electron chi connectivity index (χ2n) is 7.60. The standard InChI is InChI=1S/C21H33N5O2/c1-4-28-20-14-17(2)6-7-19(20)26-12-10-25(11-13-26)9-5-8-22-18-15-21(27)23-24(3)16-18/h6-7,14H,4-5,8-13,15-16H2,1-3H3,(H,23,27). The highest BCUT2D eigenvalue weighted by molar-refractivity contribution is 6.03. The molecule has 0 aromatic heterocycles. The predicted molar refractivity (Wildman–Crippen MR) is 113 cm³/mol. The third kappa shape index (κ3) is 5.69. The van der Waals surface area contributed by atoms with Crippen LogP contribution in [0.1, 0.15) is 25.3 Å². The number of carbonyl (C=O) groups is 1. The van der Waals surface area contributed by atoms with Gasteiger partial charge >= 0.3 is 0 Å². The maximum atomic E-state index is 11.5. The molecule has 1 amide bonds. The molecule has 0 atom stereocenters. The van der Waals surface area contributed by atoms with E-state index in [0.29, 0.717) is 13.0 Å². The topological polar surface area (TPSA) is 60.4 Å². The van der Waals surface area contributed by atoms with Gasteiger partial charge in [0.1, 0.15) is 5.75 Å². The lowest BCUT2D eigenvalue weighted by Gasteiger charge is -2.36. The molecule has 28 heavy (non-hydrogen) atoms. The van der Waals surface area contributed by atoms with Gasteiger partial charge in [0.15, 0.2) is 0 Å². The summed E-state index contributed by atoms with van der Waals surface area (Å²) in [6, 6.07) is 6.48. The summed E-state index contributed by atoms with van der Waals surface area (Å²) in [6.45, 7) is 11.5. The van der Waals surface area contributed by atoms with Gasteiger partial charge in [-0.3, -0.25) is 20.1 Å². The van der Waals surface area contributed by atoms with E-state index in [-0.39, 0.29) is 5.91 Å². The number of aryl methyl sites for hydroxylation is 1. The monoisotopic (exact) mass is 387 g/mol. The van der Waals surface area contributed by atoms with Gasteiger partial charge in [0, 0.05) is 52.0 Å². The molecule has 1 aromatic rings. The minimum Gasteiger partial charge on any atom is -0.492 e. The quantitative estimate of drug-likeness (QED) is 0.722. The van der Waals surface area contributed by atoms with E-state index in [1.807, 2.05) is 14.0 Å². The minimum absolute atomic E-state index is 0.0335. The first kappa shape index (κ1) is 20.6. The van der Waals surface area contributed by atoms with E-state index in [0.717, 1.165) is 63.7 Å².